The fourth-order valence-corrected chi connectivity index (χ4v) is 5.15. The Hall–Kier alpha value is -4.74. The molecule has 212 valence electrons. The van der Waals surface area contributed by atoms with Crippen molar-refractivity contribution in [3.8, 4) is 23.0 Å². The van der Waals surface area contributed by atoms with E-state index in [2.05, 4.69) is 0 Å². The summed E-state index contributed by atoms with van der Waals surface area (Å²) in [6, 6.07) is 39.9. The fraction of sp³-hybridized carbons (Fsp3) is 0.189. The zero-order chi connectivity index (χ0) is 28.7. The maximum Gasteiger partial charge on any atom is 0.162 e. The van der Waals surface area contributed by atoms with E-state index in [1.807, 2.05) is 128 Å². The van der Waals surface area contributed by atoms with Crippen molar-refractivity contribution in [3.63, 3.8) is 0 Å². The lowest BCUT2D eigenvalue weighted by atomic mass is 9.93. The Morgan fingerprint density at radius 3 is 1.71 bits per heavy atom. The summed E-state index contributed by atoms with van der Waals surface area (Å²) in [5.41, 5.74) is 5.93. The number of hydrogen-bond acceptors (Lipinski definition) is 5. The van der Waals surface area contributed by atoms with Crippen molar-refractivity contribution in [2.24, 2.45) is 0 Å². The number of hydrogen-bond donors (Lipinski definition) is 1. The molecule has 1 heterocycles. The zero-order valence-corrected chi connectivity index (χ0v) is 23.6. The van der Waals surface area contributed by atoms with Gasteiger partial charge in [-0.2, -0.15) is 0 Å². The van der Waals surface area contributed by atoms with Crippen molar-refractivity contribution < 1.29 is 24.1 Å². The van der Waals surface area contributed by atoms with Crippen LogP contribution in [0.15, 0.2) is 121 Å². The average Bonchev–Trinajstić information content (AvgIpc) is 3.03. The SMILES string of the molecule is Cc1cc(OCc2ccccc2)c2c(c1)O[C@H](c1ccc(OCc3ccccc3)c(OCc3ccccc3)c1)[C@@H](O)C2. The first-order chi connectivity index (χ1) is 20.6. The van der Waals surface area contributed by atoms with Crippen LogP contribution in [0.2, 0.25) is 0 Å². The highest BCUT2D eigenvalue weighted by Crippen LogP contribution is 2.42. The van der Waals surface area contributed by atoms with Crippen molar-refractivity contribution in [2.45, 2.75) is 45.4 Å². The third-order valence-corrected chi connectivity index (χ3v) is 7.34. The van der Waals surface area contributed by atoms with Gasteiger partial charge in [0.15, 0.2) is 11.5 Å². The van der Waals surface area contributed by atoms with Gasteiger partial charge < -0.3 is 24.1 Å². The van der Waals surface area contributed by atoms with Gasteiger partial charge >= 0.3 is 0 Å². The first-order valence-electron chi connectivity index (χ1n) is 14.2. The molecule has 0 spiro atoms. The number of aliphatic hydroxyl groups excluding tert-OH is 1. The Labute approximate surface area is 246 Å². The number of aryl methyl sites for hydroxylation is 1. The molecule has 5 aromatic rings. The van der Waals surface area contributed by atoms with Gasteiger partial charge in [-0.1, -0.05) is 97.1 Å². The van der Waals surface area contributed by atoms with E-state index in [-0.39, 0.29) is 0 Å². The van der Waals surface area contributed by atoms with Gasteiger partial charge in [-0.05, 0) is 59.0 Å². The van der Waals surface area contributed by atoms with Crippen LogP contribution >= 0.6 is 0 Å². The summed E-state index contributed by atoms with van der Waals surface area (Å²) < 4.78 is 25.1. The molecule has 1 N–H and O–H groups in total. The van der Waals surface area contributed by atoms with Crippen molar-refractivity contribution in [1.82, 2.24) is 0 Å². The summed E-state index contributed by atoms with van der Waals surface area (Å²) >= 11 is 0. The minimum Gasteiger partial charge on any atom is -0.488 e. The van der Waals surface area contributed by atoms with Gasteiger partial charge in [-0.25, -0.2) is 0 Å². The van der Waals surface area contributed by atoms with E-state index in [4.69, 9.17) is 18.9 Å². The Morgan fingerprint density at radius 1 is 0.619 bits per heavy atom. The molecule has 0 aliphatic carbocycles. The molecule has 0 saturated heterocycles. The second-order valence-electron chi connectivity index (χ2n) is 10.6. The highest BCUT2D eigenvalue weighted by atomic mass is 16.5. The predicted octanol–water partition coefficient (Wildman–Crippen LogP) is 7.77. The molecule has 1 aliphatic heterocycles. The second-order valence-corrected chi connectivity index (χ2v) is 10.6. The van der Waals surface area contributed by atoms with Gasteiger partial charge in [0.1, 0.15) is 37.4 Å². The van der Waals surface area contributed by atoms with Crippen LogP contribution < -0.4 is 18.9 Å². The highest BCUT2D eigenvalue weighted by molar-refractivity contribution is 5.51. The van der Waals surface area contributed by atoms with Crippen LogP contribution in [-0.4, -0.2) is 11.2 Å². The fourth-order valence-electron chi connectivity index (χ4n) is 5.15. The smallest absolute Gasteiger partial charge is 0.162 e. The Balaban J connectivity index is 1.24. The summed E-state index contributed by atoms with van der Waals surface area (Å²) in [6.07, 6.45) is -0.919. The van der Waals surface area contributed by atoms with E-state index in [0.717, 1.165) is 44.9 Å². The molecule has 0 unspecified atom stereocenters. The number of fused-ring (bicyclic) bond motifs is 1. The van der Waals surface area contributed by atoms with Crippen molar-refractivity contribution in [1.29, 1.82) is 0 Å². The molecule has 2 atom stereocenters. The van der Waals surface area contributed by atoms with Gasteiger partial charge in [0.25, 0.3) is 0 Å². The Kier molecular flexibility index (Phi) is 8.38. The van der Waals surface area contributed by atoms with Gasteiger partial charge in [-0.15, -0.1) is 0 Å². The Morgan fingerprint density at radius 2 is 1.14 bits per heavy atom. The summed E-state index contributed by atoms with van der Waals surface area (Å²) in [6.45, 7) is 3.28. The molecule has 0 fully saturated rings. The molecule has 42 heavy (non-hydrogen) atoms. The average molecular weight is 559 g/mol. The molecule has 0 saturated carbocycles. The predicted molar refractivity (Wildman–Crippen MR) is 163 cm³/mol. The third kappa shape index (κ3) is 6.59. The van der Waals surface area contributed by atoms with Gasteiger partial charge in [0.2, 0.25) is 0 Å². The normalized spacial score (nSPS) is 15.8. The largest absolute Gasteiger partial charge is 0.488 e. The monoisotopic (exact) mass is 558 g/mol. The lowest BCUT2D eigenvalue weighted by Gasteiger charge is -2.32. The van der Waals surface area contributed by atoms with Crippen LogP contribution in [0.1, 0.15) is 39.5 Å². The number of ether oxygens (including phenoxy) is 4. The maximum absolute atomic E-state index is 11.3. The minimum atomic E-state index is -0.766. The topological polar surface area (TPSA) is 57.2 Å². The van der Waals surface area contributed by atoms with E-state index < -0.39 is 12.2 Å². The standard InChI is InChI=1S/C37H34O5/c1-26-19-34(40-24-28-13-7-3-8-14-28)31-22-32(38)37(42-35(31)20-26)30-17-18-33(39-23-27-11-5-2-6-12-27)36(21-30)41-25-29-15-9-4-10-16-29/h2-21,32,37-38H,22-25H2,1H3/t32-,37+/m0/s1. The summed E-state index contributed by atoms with van der Waals surface area (Å²) in [5.74, 6) is 2.70. The van der Waals surface area contributed by atoms with E-state index in [1.165, 1.54) is 0 Å². The molecule has 0 aromatic heterocycles. The first kappa shape index (κ1) is 27.4. The second kappa shape index (κ2) is 12.8. The minimum absolute atomic E-state index is 0.393. The van der Waals surface area contributed by atoms with Crippen LogP contribution in [0.5, 0.6) is 23.0 Å². The lowest BCUT2D eigenvalue weighted by molar-refractivity contribution is 0.0194. The molecule has 0 bridgehead atoms. The summed E-state index contributed by atoms with van der Waals surface area (Å²) in [7, 11) is 0. The van der Waals surface area contributed by atoms with Crippen LogP contribution in [0, 0.1) is 6.92 Å². The molecule has 6 rings (SSSR count). The van der Waals surface area contributed by atoms with Crippen LogP contribution in [-0.2, 0) is 26.2 Å². The van der Waals surface area contributed by atoms with E-state index in [9.17, 15) is 5.11 Å². The quantitative estimate of drug-likeness (QED) is 0.190. The van der Waals surface area contributed by atoms with Crippen LogP contribution in [0.3, 0.4) is 0 Å². The van der Waals surface area contributed by atoms with Gasteiger partial charge in [-0.3, -0.25) is 0 Å². The summed E-state index contributed by atoms with van der Waals surface area (Å²) in [4.78, 5) is 0. The molecule has 5 aromatic carbocycles. The maximum atomic E-state index is 11.3. The molecule has 5 nitrogen and oxygen atoms in total. The lowest BCUT2D eigenvalue weighted by Crippen LogP contribution is -2.30. The molecular weight excluding hydrogens is 524 g/mol. The first-order valence-corrected chi connectivity index (χ1v) is 14.2. The molecular formula is C37H34O5. The number of rotatable bonds is 10. The zero-order valence-electron chi connectivity index (χ0n) is 23.6. The molecule has 1 aliphatic rings. The van der Waals surface area contributed by atoms with Gasteiger partial charge in [0.05, 0.1) is 6.10 Å². The van der Waals surface area contributed by atoms with Crippen molar-refractivity contribution in [3.05, 3.63) is 155 Å². The Bertz CT molecular complexity index is 1600. The number of aliphatic hydroxyl groups is 1. The summed E-state index contributed by atoms with van der Waals surface area (Å²) in [5, 5.41) is 11.3. The highest BCUT2D eigenvalue weighted by Gasteiger charge is 2.33. The molecule has 0 amide bonds. The van der Waals surface area contributed by atoms with E-state index in [1.54, 1.807) is 0 Å². The van der Waals surface area contributed by atoms with Crippen LogP contribution in [0.4, 0.5) is 0 Å². The van der Waals surface area contributed by atoms with E-state index >= 15 is 0 Å². The number of benzene rings is 5. The van der Waals surface area contributed by atoms with Crippen LogP contribution in [0.25, 0.3) is 0 Å². The molecule has 5 heteroatoms. The molecule has 0 radical (unpaired) electrons. The van der Waals surface area contributed by atoms with Gasteiger partial charge in [0, 0.05) is 12.0 Å². The van der Waals surface area contributed by atoms with Crippen molar-refractivity contribution >= 4 is 0 Å². The van der Waals surface area contributed by atoms with Crippen molar-refractivity contribution in [2.75, 3.05) is 0 Å². The third-order valence-electron chi connectivity index (χ3n) is 7.34. The van der Waals surface area contributed by atoms with E-state index in [0.29, 0.717) is 37.7 Å².